The summed E-state index contributed by atoms with van der Waals surface area (Å²) < 4.78 is 14.2. The van der Waals surface area contributed by atoms with Gasteiger partial charge in [0.05, 0.1) is 0 Å². The Kier molecular flexibility index (Phi) is 9.66. The predicted octanol–water partition coefficient (Wildman–Crippen LogP) is 5.15. The van der Waals surface area contributed by atoms with Gasteiger partial charge in [-0.25, -0.2) is 4.39 Å². The first-order valence-corrected chi connectivity index (χ1v) is 11.3. The third-order valence-corrected chi connectivity index (χ3v) is 5.81. The Labute approximate surface area is 187 Å². The van der Waals surface area contributed by atoms with E-state index in [9.17, 15) is 14.0 Å². The highest BCUT2D eigenvalue weighted by molar-refractivity contribution is 7.99. The van der Waals surface area contributed by atoms with E-state index in [2.05, 4.69) is 5.32 Å². The minimum Gasteiger partial charge on any atom is -0.354 e. The van der Waals surface area contributed by atoms with Gasteiger partial charge in [-0.3, -0.25) is 9.59 Å². The molecule has 7 heteroatoms. The molecule has 0 fully saturated rings. The molecule has 162 valence electrons. The van der Waals surface area contributed by atoms with Gasteiger partial charge in [0.25, 0.3) is 0 Å². The van der Waals surface area contributed by atoms with Gasteiger partial charge in [-0.15, -0.1) is 11.8 Å². The Balaban J connectivity index is 2.06. The van der Waals surface area contributed by atoms with Gasteiger partial charge in [-0.2, -0.15) is 0 Å². The Morgan fingerprint density at radius 1 is 1.10 bits per heavy atom. The fraction of sp³-hybridized carbons (Fsp3) is 0.391. The average molecular weight is 451 g/mol. The van der Waals surface area contributed by atoms with Gasteiger partial charge < -0.3 is 10.2 Å². The fourth-order valence-corrected chi connectivity index (χ4v) is 3.74. The van der Waals surface area contributed by atoms with Crippen molar-refractivity contribution in [1.29, 1.82) is 0 Å². The van der Waals surface area contributed by atoms with Crippen LogP contribution in [0.3, 0.4) is 0 Å². The van der Waals surface area contributed by atoms with Crippen molar-refractivity contribution in [2.45, 2.75) is 44.7 Å². The highest BCUT2D eigenvalue weighted by Crippen LogP contribution is 2.22. The van der Waals surface area contributed by atoms with Gasteiger partial charge in [0.2, 0.25) is 11.8 Å². The summed E-state index contributed by atoms with van der Waals surface area (Å²) in [6, 6.07) is 13.0. The Bertz CT molecular complexity index is 845. The fourth-order valence-electron chi connectivity index (χ4n) is 2.78. The van der Waals surface area contributed by atoms with Crippen LogP contribution in [0.15, 0.2) is 53.4 Å². The van der Waals surface area contributed by atoms with E-state index in [1.165, 1.54) is 22.7 Å². The molecule has 0 aliphatic rings. The Hall–Kier alpha value is -2.05. The number of nitrogens with zero attached hydrogens (tertiary/aromatic N) is 1. The monoisotopic (exact) mass is 450 g/mol. The largest absolute Gasteiger partial charge is 0.354 e. The van der Waals surface area contributed by atoms with Crippen LogP contribution in [0.25, 0.3) is 0 Å². The lowest BCUT2D eigenvalue weighted by atomic mass is 10.1. The molecular formula is C23H28ClFN2O2S. The number of carbonyl (C=O) groups is 2. The number of carbonyl (C=O) groups excluding carboxylic acids is 2. The molecule has 0 saturated heterocycles. The van der Waals surface area contributed by atoms with Crippen molar-refractivity contribution in [2.24, 2.45) is 5.92 Å². The second-order valence-corrected chi connectivity index (χ2v) is 9.09. The molecule has 1 atom stereocenters. The lowest BCUT2D eigenvalue weighted by Crippen LogP contribution is -2.48. The first-order valence-electron chi connectivity index (χ1n) is 9.97. The SMILES string of the molecule is CC(C)CNC(=O)[C@@H](C)N(Cc1ccccc1F)C(=O)CCSc1ccc(Cl)cc1. The van der Waals surface area contributed by atoms with Crippen LogP contribution < -0.4 is 5.32 Å². The van der Waals surface area contributed by atoms with Crippen LogP contribution in [0.5, 0.6) is 0 Å². The molecule has 2 rings (SSSR count). The third kappa shape index (κ3) is 7.65. The first kappa shape index (κ1) is 24.2. The molecule has 2 aromatic rings. The molecule has 0 heterocycles. The zero-order chi connectivity index (χ0) is 22.1. The molecule has 2 aromatic carbocycles. The minimum absolute atomic E-state index is 0.0490. The number of thioether (sulfide) groups is 1. The quantitative estimate of drug-likeness (QED) is 0.509. The van der Waals surface area contributed by atoms with Crippen molar-refractivity contribution >= 4 is 35.2 Å². The second kappa shape index (κ2) is 12.0. The molecule has 0 aliphatic heterocycles. The zero-order valence-corrected chi connectivity index (χ0v) is 19.1. The van der Waals surface area contributed by atoms with Crippen LogP contribution in [0, 0.1) is 11.7 Å². The van der Waals surface area contributed by atoms with Crippen LogP contribution in [0.2, 0.25) is 5.02 Å². The predicted molar refractivity (Wildman–Crippen MR) is 121 cm³/mol. The lowest BCUT2D eigenvalue weighted by molar-refractivity contribution is -0.140. The van der Waals surface area contributed by atoms with Gasteiger partial charge in [0.1, 0.15) is 11.9 Å². The van der Waals surface area contributed by atoms with E-state index in [0.717, 1.165) is 4.90 Å². The van der Waals surface area contributed by atoms with E-state index < -0.39 is 6.04 Å². The highest BCUT2D eigenvalue weighted by atomic mass is 35.5. The van der Waals surface area contributed by atoms with E-state index in [1.807, 2.05) is 26.0 Å². The van der Waals surface area contributed by atoms with E-state index in [4.69, 9.17) is 11.6 Å². The molecule has 0 aliphatic carbocycles. The smallest absolute Gasteiger partial charge is 0.242 e. The molecule has 0 saturated carbocycles. The first-order chi connectivity index (χ1) is 14.3. The summed E-state index contributed by atoms with van der Waals surface area (Å²) >= 11 is 7.44. The molecule has 4 nitrogen and oxygen atoms in total. The summed E-state index contributed by atoms with van der Waals surface area (Å²) in [5, 5.41) is 3.52. The van der Waals surface area contributed by atoms with Crippen LogP contribution in [-0.4, -0.2) is 35.1 Å². The molecule has 0 aromatic heterocycles. The number of hydrogen-bond donors (Lipinski definition) is 1. The van der Waals surface area contributed by atoms with Gasteiger partial charge in [0, 0.05) is 40.7 Å². The molecule has 0 bridgehead atoms. The number of benzene rings is 2. The maximum atomic E-state index is 14.2. The van der Waals surface area contributed by atoms with Crippen LogP contribution in [0.1, 0.15) is 32.8 Å². The summed E-state index contributed by atoms with van der Waals surface area (Å²) in [7, 11) is 0. The molecule has 0 spiro atoms. The summed E-state index contributed by atoms with van der Waals surface area (Å²) in [6.45, 7) is 6.26. The Morgan fingerprint density at radius 2 is 1.77 bits per heavy atom. The van der Waals surface area contributed by atoms with Crippen molar-refractivity contribution in [2.75, 3.05) is 12.3 Å². The van der Waals surface area contributed by atoms with Gasteiger partial charge in [0.15, 0.2) is 0 Å². The van der Waals surface area contributed by atoms with Crippen LogP contribution in [-0.2, 0) is 16.1 Å². The third-order valence-electron chi connectivity index (χ3n) is 4.55. The second-order valence-electron chi connectivity index (χ2n) is 7.48. The average Bonchev–Trinajstić information content (AvgIpc) is 2.72. The van der Waals surface area contributed by atoms with Crippen LogP contribution in [0.4, 0.5) is 4.39 Å². The summed E-state index contributed by atoms with van der Waals surface area (Å²) in [4.78, 5) is 28.0. The van der Waals surface area contributed by atoms with Crippen molar-refractivity contribution in [3.8, 4) is 0 Å². The topological polar surface area (TPSA) is 49.4 Å². The normalized spacial score (nSPS) is 11.9. The number of halogens is 2. The molecule has 0 unspecified atom stereocenters. The van der Waals surface area contributed by atoms with E-state index in [1.54, 1.807) is 37.3 Å². The summed E-state index contributed by atoms with van der Waals surface area (Å²) in [6.07, 6.45) is 0.240. The molecule has 2 amide bonds. The minimum atomic E-state index is -0.698. The number of amides is 2. The molecule has 0 radical (unpaired) electrons. The number of hydrogen-bond acceptors (Lipinski definition) is 3. The molecular weight excluding hydrogens is 423 g/mol. The van der Waals surface area contributed by atoms with Gasteiger partial charge in [-0.1, -0.05) is 43.6 Å². The lowest BCUT2D eigenvalue weighted by Gasteiger charge is -2.29. The highest BCUT2D eigenvalue weighted by Gasteiger charge is 2.26. The van der Waals surface area contributed by atoms with E-state index in [0.29, 0.717) is 28.8 Å². The summed E-state index contributed by atoms with van der Waals surface area (Å²) in [5.41, 5.74) is 0.389. The maximum absolute atomic E-state index is 14.2. The van der Waals surface area contributed by atoms with E-state index >= 15 is 0 Å². The zero-order valence-electron chi connectivity index (χ0n) is 17.5. The van der Waals surface area contributed by atoms with Gasteiger partial charge in [-0.05, 0) is 43.2 Å². The standard InChI is InChI=1S/C23H28ClFN2O2S/c1-16(2)14-26-23(29)17(3)27(15-18-6-4-5-7-21(18)25)22(28)12-13-30-20-10-8-19(24)9-11-20/h4-11,16-17H,12-15H2,1-3H3,(H,26,29)/t17-/m1/s1. The number of rotatable bonds is 10. The summed E-state index contributed by atoms with van der Waals surface area (Å²) in [5.74, 6) is 0.0353. The van der Waals surface area contributed by atoms with Crippen molar-refractivity contribution in [3.05, 3.63) is 64.9 Å². The maximum Gasteiger partial charge on any atom is 0.242 e. The van der Waals surface area contributed by atoms with Crippen molar-refractivity contribution in [1.82, 2.24) is 10.2 Å². The number of nitrogens with one attached hydrogen (secondary N) is 1. The van der Waals surface area contributed by atoms with Crippen molar-refractivity contribution in [3.63, 3.8) is 0 Å². The van der Waals surface area contributed by atoms with Crippen LogP contribution >= 0.6 is 23.4 Å². The van der Waals surface area contributed by atoms with E-state index in [-0.39, 0.29) is 30.6 Å². The Morgan fingerprint density at radius 3 is 2.40 bits per heavy atom. The molecule has 1 N–H and O–H groups in total. The van der Waals surface area contributed by atoms with Gasteiger partial charge >= 0.3 is 0 Å². The molecule has 30 heavy (non-hydrogen) atoms. The van der Waals surface area contributed by atoms with Crippen molar-refractivity contribution < 1.29 is 14.0 Å².